The quantitative estimate of drug-likeness (QED) is 0.622. The zero-order chi connectivity index (χ0) is 9.97. The van der Waals surface area contributed by atoms with E-state index < -0.39 is 0 Å². The van der Waals surface area contributed by atoms with E-state index >= 15 is 0 Å². The zero-order valence-electron chi connectivity index (χ0n) is 8.40. The SMILES string of the molecule is CN1c2ccccc2CCCC1C#N. The van der Waals surface area contributed by atoms with Crippen molar-refractivity contribution in [1.29, 1.82) is 5.26 Å². The summed E-state index contributed by atoms with van der Waals surface area (Å²) in [5.74, 6) is 0. The number of para-hydroxylation sites is 1. The minimum absolute atomic E-state index is 0.0404. The second-order valence-electron chi connectivity index (χ2n) is 3.78. The van der Waals surface area contributed by atoms with Gasteiger partial charge in [0.15, 0.2) is 0 Å². The predicted octanol–water partition coefficient (Wildman–Crippen LogP) is 2.35. The van der Waals surface area contributed by atoms with Crippen molar-refractivity contribution in [3.8, 4) is 6.07 Å². The molecule has 1 aliphatic rings. The number of nitriles is 1. The topological polar surface area (TPSA) is 27.0 Å². The monoisotopic (exact) mass is 186 g/mol. The molecule has 0 saturated heterocycles. The van der Waals surface area contributed by atoms with Crippen LogP contribution in [0.3, 0.4) is 0 Å². The van der Waals surface area contributed by atoms with Crippen LogP contribution < -0.4 is 4.90 Å². The van der Waals surface area contributed by atoms with Gasteiger partial charge in [-0.3, -0.25) is 0 Å². The lowest BCUT2D eigenvalue weighted by Crippen LogP contribution is -2.29. The molecular formula is C12H14N2. The van der Waals surface area contributed by atoms with E-state index in [1.807, 2.05) is 13.1 Å². The summed E-state index contributed by atoms with van der Waals surface area (Å²) in [7, 11) is 2.01. The molecule has 2 rings (SSSR count). The fourth-order valence-corrected chi connectivity index (χ4v) is 2.06. The lowest BCUT2D eigenvalue weighted by Gasteiger charge is -2.23. The molecule has 0 spiro atoms. The van der Waals surface area contributed by atoms with Crippen molar-refractivity contribution in [2.45, 2.75) is 25.3 Å². The maximum absolute atomic E-state index is 9.02. The molecular weight excluding hydrogens is 172 g/mol. The van der Waals surface area contributed by atoms with Gasteiger partial charge in [0.1, 0.15) is 6.04 Å². The average molecular weight is 186 g/mol. The largest absolute Gasteiger partial charge is 0.359 e. The summed E-state index contributed by atoms with van der Waals surface area (Å²) >= 11 is 0. The van der Waals surface area contributed by atoms with Gasteiger partial charge in [0.05, 0.1) is 6.07 Å². The molecule has 0 aliphatic carbocycles. The number of anilines is 1. The molecule has 1 unspecified atom stereocenters. The molecule has 2 heteroatoms. The Balaban J connectivity index is 2.41. The normalized spacial score (nSPS) is 20.9. The van der Waals surface area contributed by atoms with Gasteiger partial charge in [-0.25, -0.2) is 0 Å². The van der Waals surface area contributed by atoms with Crippen LogP contribution >= 0.6 is 0 Å². The summed E-state index contributed by atoms with van der Waals surface area (Å²) in [5, 5.41) is 9.02. The molecule has 1 atom stereocenters. The first-order valence-corrected chi connectivity index (χ1v) is 5.03. The Kier molecular flexibility index (Phi) is 2.41. The van der Waals surface area contributed by atoms with Crippen LogP contribution in [0, 0.1) is 11.3 Å². The second-order valence-corrected chi connectivity index (χ2v) is 3.78. The number of rotatable bonds is 0. The molecule has 0 saturated carbocycles. The summed E-state index contributed by atoms with van der Waals surface area (Å²) in [6, 6.07) is 10.8. The Hall–Kier alpha value is -1.49. The van der Waals surface area contributed by atoms with Gasteiger partial charge in [-0.2, -0.15) is 5.26 Å². The smallest absolute Gasteiger partial charge is 0.116 e. The van der Waals surface area contributed by atoms with Gasteiger partial charge in [-0.05, 0) is 30.9 Å². The molecule has 14 heavy (non-hydrogen) atoms. The summed E-state index contributed by atoms with van der Waals surface area (Å²) in [6.07, 6.45) is 3.18. The average Bonchev–Trinajstić information content (AvgIpc) is 2.39. The standard InChI is InChI=1S/C12H14N2/c1-14-11(9-13)7-4-6-10-5-2-3-8-12(10)14/h2-3,5,8,11H,4,6-7H2,1H3. The van der Waals surface area contributed by atoms with Crippen molar-refractivity contribution >= 4 is 5.69 Å². The van der Waals surface area contributed by atoms with Crippen LogP contribution in [-0.2, 0) is 6.42 Å². The van der Waals surface area contributed by atoms with Gasteiger partial charge in [0.2, 0.25) is 0 Å². The lowest BCUT2D eigenvalue weighted by atomic mass is 10.1. The highest BCUT2D eigenvalue weighted by molar-refractivity contribution is 5.55. The minimum atomic E-state index is 0.0404. The number of nitrogens with zero attached hydrogens (tertiary/aromatic N) is 2. The summed E-state index contributed by atoms with van der Waals surface area (Å²) in [5.41, 5.74) is 2.59. The van der Waals surface area contributed by atoms with Crippen LogP contribution in [0.2, 0.25) is 0 Å². The molecule has 2 nitrogen and oxygen atoms in total. The minimum Gasteiger partial charge on any atom is -0.359 e. The molecule has 0 bridgehead atoms. The fraction of sp³-hybridized carbons (Fsp3) is 0.417. The van der Waals surface area contributed by atoms with Crippen molar-refractivity contribution in [3.63, 3.8) is 0 Å². The van der Waals surface area contributed by atoms with E-state index in [4.69, 9.17) is 5.26 Å². The maximum Gasteiger partial charge on any atom is 0.116 e. The third-order valence-corrected chi connectivity index (χ3v) is 2.91. The molecule has 72 valence electrons. The third-order valence-electron chi connectivity index (χ3n) is 2.91. The van der Waals surface area contributed by atoms with Gasteiger partial charge in [0.25, 0.3) is 0 Å². The highest BCUT2D eigenvalue weighted by Gasteiger charge is 2.19. The molecule has 0 fully saturated rings. The molecule has 0 radical (unpaired) electrons. The highest BCUT2D eigenvalue weighted by atomic mass is 15.1. The number of hydrogen-bond donors (Lipinski definition) is 0. The summed E-state index contributed by atoms with van der Waals surface area (Å²) in [6.45, 7) is 0. The Labute approximate surface area is 84.8 Å². The number of benzene rings is 1. The molecule has 0 N–H and O–H groups in total. The van der Waals surface area contributed by atoms with E-state index in [0.29, 0.717) is 0 Å². The van der Waals surface area contributed by atoms with Gasteiger partial charge in [0, 0.05) is 12.7 Å². The van der Waals surface area contributed by atoms with Gasteiger partial charge in [-0.1, -0.05) is 18.2 Å². The van der Waals surface area contributed by atoms with Gasteiger partial charge < -0.3 is 4.90 Å². The van der Waals surface area contributed by atoms with Gasteiger partial charge in [-0.15, -0.1) is 0 Å². The molecule has 1 aliphatic heterocycles. The molecule has 1 aromatic carbocycles. The molecule has 0 amide bonds. The fourth-order valence-electron chi connectivity index (χ4n) is 2.06. The predicted molar refractivity (Wildman–Crippen MR) is 57.2 cm³/mol. The first-order valence-electron chi connectivity index (χ1n) is 5.03. The van der Waals surface area contributed by atoms with Crippen LogP contribution in [0.5, 0.6) is 0 Å². The Bertz CT molecular complexity index is 365. The van der Waals surface area contributed by atoms with Crippen molar-refractivity contribution in [3.05, 3.63) is 29.8 Å². The third kappa shape index (κ3) is 1.46. The molecule has 1 heterocycles. The van der Waals surface area contributed by atoms with E-state index in [-0.39, 0.29) is 6.04 Å². The highest BCUT2D eigenvalue weighted by Crippen LogP contribution is 2.27. The first-order chi connectivity index (χ1) is 6.83. The number of hydrogen-bond acceptors (Lipinski definition) is 2. The van der Waals surface area contributed by atoms with E-state index in [1.165, 1.54) is 11.3 Å². The molecule has 1 aromatic rings. The van der Waals surface area contributed by atoms with Crippen LogP contribution in [0.1, 0.15) is 18.4 Å². The van der Waals surface area contributed by atoms with Crippen molar-refractivity contribution in [2.75, 3.05) is 11.9 Å². The van der Waals surface area contributed by atoms with Gasteiger partial charge >= 0.3 is 0 Å². The number of aryl methyl sites for hydroxylation is 1. The Morgan fingerprint density at radius 3 is 3.00 bits per heavy atom. The van der Waals surface area contributed by atoms with E-state index in [1.54, 1.807) is 0 Å². The van der Waals surface area contributed by atoms with E-state index in [9.17, 15) is 0 Å². The van der Waals surface area contributed by atoms with Crippen LogP contribution in [0.4, 0.5) is 5.69 Å². The van der Waals surface area contributed by atoms with Crippen molar-refractivity contribution in [1.82, 2.24) is 0 Å². The summed E-state index contributed by atoms with van der Waals surface area (Å²) in [4.78, 5) is 2.10. The first kappa shape index (κ1) is 9.08. The van der Waals surface area contributed by atoms with Crippen LogP contribution in [0.15, 0.2) is 24.3 Å². The van der Waals surface area contributed by atoms with E-state index in [0.717, 1.165) is 19.3 Å². The number of fused-ring (bicyclic) bond motifs is 1. The Morgan fingerprint density at radius 2 is 2.21 bits per heavy atom. The lowest BCUT2D eigenvalue weighted by molar-refractivity contribution is 0.669. The maximum atomic E-state index is 9.02. The van der Waals surface area contributed by atoms with E-state index in [2.05, 4.69) is 29.2 Å². The van der Waals surface area contributed by atoms with Crippen LogP contribution in [-0.4, -0.2) is 13.1 Å². The molecule has 0 aromatic heterocycles. The van der Waals surface area contributed by atoms with Crippen LogP contribution in [0.25, 0.3) is 0 Å². The summed E-state index contributed by atoms with van der Waals surface area (Å²) < 4.78 is 0. The van der Waals surface area contributed by atoms with Crippen molar-refractivity contribution in [2.24, 2.45) is 0 Å². The van der Waals surface area contributed by atoms with Crippen molar-refractivity contribution < 1.29 is 0 Å². The Morgan fingerprint density at radius 1 is 1.43 bits per heavy atom. The second kappa shape index (κ2) is 3.71. The zero-order valence-corrected chi connectivity index (χ0v) is 8.40.